The maximum absolute atomic E-state index is 11.4. The lowest BCUT2D eigenvalue weighted by molar-refractivity contribution is -0.137. The van der Waals surface area contributed by atoms with Crippen molar-refractivity contribution in [2.75, 3.05) is 6.61 Å². The van der Waals surface area contributed by atoms with Crippen molar-refractivity contribution in [2.24, 2.45) is 5.92 Å². The van der Waals surface area contributed by atoms with Crippen LogP contribution in [0.5, 0.6) is 0 Å². The molecule has 0 aromatic carbocycles. The van der Waals surface area contributed by atoms with Crippen molar-refractivity contribution in [1.82, 2.24) is 4.90 Å². The number of aldehydes is 1. The Morgan fingerprint density at radius 3 is 2.82 bits per heavy atom. The fourth-order valence-electron chi connectivity index (χ4n) is 1.41. The van der Waals surface area contributed by atoms with Gasteiger partial charge in [-0.1, -0.05) is 6.08 Å². The number of aliphatic carboxylic acids is 1. The highest BCUT2D eigenvalue weighted by Crippen LogP contribution is 2.21. The summed E-state index contributed by atoms with van der Waals surface area (Å²) >= 11 is 0. The van der Waals surface area contributed by atoms with E-state index in [0.717, 1.165) is 4.90 Å². The number of ether oxygens (including phenoxy) is 1. The van der Waals surface area contributed by atoms with Crippen molar-refractivity contribution in [3.05, 3.63) is 24.0 Å². The lowest BCUT2D eigenvalue weighted by Gasteiger charge is -2.21. The molecule has 0 aromatic rings. The molecule has 1 aliphatic rings. The molecule has 17 heavy (non-hydrogen) atoms. The van der Waals surface area contributed by atoms with E-state index in [9.17, 15) is 14.4 Å². The Labute approximate surface area is 98.2 Å². The maximum Gasteiger partial charge on any atom is 0.417 e. The number of carboxylic acid groups (broad SMARTS) is 1. The summed E-state index contributed by atoms with van der Waals surface area (Å²) in [4.78, 5) is 33.8. The first kappa shape index (κ1) is 13.0. The minimum absolute atomic E-state index is 0.183. The molecule has 1 heterocycles. The second-order valence-electron chi connectivity index (χ2n) is 3.40. The van der Waals surface area contributed by atoms with Crippen LogP contribution in [0.1, 0.15) is 13.3 Å². The molecule has 0 bridgehead atoms. The van der Waals surface area contributed by atoms with Gasteiger partial charge in [0.2, 0.25) is 0 Å². The Bertz CT molecular complexity index is 385. The van der Waals surface area contributed by atoms with Crippen LogP contribution >= 0.6 is 0 Å². The van der Waals surface area contributed by atoms with Crippen molar-refractivity contribution >= 4 is 18.3 Å². The first-order valence-corrected chi connectivity index (χ1v) is 5.10. The normalized spacial score (nSPS) is 18.5. The van der Waals surface area contributed by atoms with Crippen molar-refractivity contribution in [3.63, 3.8) is 0 Å². The zero-order chi connectivity index (χ0) is 12.8. The van der Waals surface area contributed by atoms with Crippen molar-refractivity contribution in [1.29, 1.82) is 0 Å². The number of allylic oxidation sites excluding steroid dienone is 2. The molecule has 1 N–H and O–H groups in total. The molecule has 0 spiro atoms. The van der Waals surface area contributed by atoms with Crippen molar-refractivity contribution in [2.45, 2.75) is 13.3 Å². The molecule has 1 unspecified atom stereocenters. The van der Waals surface area contributed by atoms with E-state index >= 15 is 0 Å². The van der Waals surface area contributed by atoms with Crippen LogP contribution in [-0.2, 0) is 14.3 Å². The summed E-state index contributed by atoms with van der Waals surface area (Å²) < 4.78 is 4.75. The van der Waals surface area contributed by atoms with Crippen LogP contribution in [0.2, 0.25) is 0 Å². The van der Waals surface area contributed by atoms with Gasteiger partial charge in [0.1, 0.15) is 6.29 Å². The standard InChI is InChI=1S/C11H13NO5/c1-2-17-11(16)12-4-3-8(5-10(14)15)9(6-12)7-13/h3-4,6-8H,2,5H2,1H3,(H,14,15). The molecule has 0 fully saturated rings. The topological polar surface area (TPSA) is 83.9 Å². The second kappa shape index (κ2) is 5.83. The lowest BCUT2D eigenvalue weighted by Crippen LogP contribution is -2.26. The van der Waals surface area contributed by atoms with Crippen LogP contribution in [0, 0.1) is 5.92 Å². The summed E-state index contributed by atoms with van der Waals surface area (Å²) in [6.45, 7) is 1.90. The van der Waals surface area contributed by atoms with Gasteiger partial charge in [-0.05, 0) is 6.92 Å². The first-order valence-electron chi connectivity index (χ1n) is 5.10. The molecule has 0 radical (unpaired) electrons. The average molecular weight is 239 g/mol. The number of carbonyl (C=O) groups excluding carboxylic acids is 2. The van der Waals surface area contributed by atoms with Gasteiger partial charge >= 0.3 is 12.1 Å². The predicted molar refractivity (Wildman–Crippen MR) is 57.9 cm³/mol. The minimum Gasteiger partial charge on any atom is -0.481 e. The summed E-state index contributed by atoms with van der Waals surface area (Å²) in [5, 5.41) is 8.66. The van der Waals surface area contributed by atoms with Gasteiger partial charge < -0.3 is 9.84 Å². The zero-order valence-electron chi connectivity index (χ0n) is 9.33. The Morgan fingerprint density at radius 2 is 2.29 bits per heavy atom. The predicted octanol–water partition coefficient (Wildman–Crippen LogP) is 1.15. The molecule has 0 aromatic heterocycles. The molecular formula is C11H13NO5. The SMILES string of the molecule is CCOC(=O)N1C=CC(CC(=O)O)C(C=O)=C1. The fourth-order valence-corrected chi connectivity index (χ4v) is 1.41. The number of nitrogens with zero attached hydrogens (tertiary/aromatic N) is 1. The van der Waals surface area contributed by atoms with E-state index in [1.807, 2.05) is 0 Å². The number of carbonyl (C=O) groups is 3. The molecule has 6 heteroatoms. The van der Waals surface area contributed by atoms with Gasteiger partial charge in [0, 0.05) is 23.9 Å². The molecule has 1 atom stereocenters. The van der Waals surface area contributed by atoms with E-state index in [0.29, 0.717) is 6.29 Å². The van der Waals surface area contributed by atoms with Crippen LogP contribution in [-0.4, -0.2) is 35.0 Å². The van der Waals surface area contributed by atoms with Gasteiger partial charge in [0.15, 0.2) is 0 Å². The maximum atomic E-state index is 11.4. The number of amides is 1. The lowest BCUT2D eigenvalue weighted by atomic mass is 9.95. The van der Waals surface area contributed by atoms with Gasteiger partial charge in [0.05, 0.1) is 13.0 Å². The van der Waals surface area contributed by atoms with Crippen LogP contribution in [0.3, 0.4) is 0 Å². The monoisotopic (exact) mass is 239 g/mol. The highest BCUT2D eigenvalue weighted by molar-refractivity contribution is 5.80. The number of carboxylic acids is 1. The molecule has 92 valence electrons. The molecule has 0 aliphatic carbocycles. The summed E-state index contributed by atoms with van der Waals surface area (Å²) in [5.41, 5.74) is 0.239. The third kappa shape index (κ3) is 3.44. The Balaban J connectivity index is 2.78. The molecule has 1 amide bonds. The minimum atomic E-state index is -1.00. The van der Waals surface area contributed by atoms with Crippen LogP contribution in [0.25, 0.3) is 0 Å². The highest BCUT2D eigenvalue weighted by Gasteiger charge is 2.22. The van der Waals surface area contributed by atoms with Gasteiger partial charge in [-0.2, -0.15) is 0 Å². The summed E-state index contributed by atoms with van der Waals surface area (Å²) in [6, 6.07) is 0. The van der Waals surface area contributed by atoms with E-state index < -0.39 is 18.0 Å². The summed E-state index contributed by atoms with van der Waals surface area (Å²) in [6.07, 6.45) is 3.95. The third-order valence-corrected chi connectivity index (χ3v) is 2.20. The van der Waals surface area contributed by atoms with Gasteiger partial charge in [0.25, 0.3) is 0 Å². The second-order valence-corrected chi connectivity index (χ2v) is 3.40. The average Bonchev–Trinajstić information content (AvgIpc) is 2.29. The third-order valence-electron chi connectivity index (χ3n) is 2.20. The Hall–Kier alpha value is -2.11. The number of hydrogen-bond donors (Lipinski definition) is 1. The van der Waals surface area contributed by atoms with E-state index in [-0.39, 0.29) is 18.6 Å². The fraction of sp³-hybridized carbons (Fsp3) is 0.364. The quantitative estimate of drug-likeness (QED) is 0.744. The molecule has 0 saturated carbocycles. The van der Waals surface area contributed by atoms with E-state index in [4.69, 9.17) is 9.84 Å². The molecule has 1 aliphatic heterocycles. The first-order chi connectivity index (χ1) is 8.08. The summed E-state index contributed by atoms with van der Waals surface area (Å²) in [7, 11) is 0. The summed E-state index contributed by atoms with van der Waals surface area (Å²) in [5.74, 6) is -1.51. The molecule has 1 rings (SSSR count). The molecule has 0 saturated heterocycles. The molecule has 6 nitrogen and oxygen atoms in total. The Morgan fingerprint density at radius 1 is 1.59 bits per heavy atom. The number of rotatable bonds is 4. The Kier molecular flexibility index (Phi) is 4.45. The van der Waals surface area contributed by atoms with Crippen LogP contribution in [0.4, 0.5) is 4.79 Å². The van der Waals surface area contributed by atoms with Gasteiger partial charge in [-0.3, -0.25) is 14.5 Å². The van der Waals surface area contributed by atoms with E-state index in [1.54, 1.807) is 6.92 Å². The number of hydrogen-bond acceptors (Lipinski definition) is 4. The van der Waals surface area contributed by atoms with Gasteiger partial charge in [-0.25, -0.2) is 4.79 Å². The van der Waals surface area contributed by atoms with E-state index in [2.05, 4.69) is 0 Å². The molecular weight excluding hydrogens is 226 g/mol. The van der Waals surface area contributed by atoms with Crippen LogP contribution in [0.15, 0.2) is 24.0 Å². The highest BCUT2D eigenvalue weighted by atomic mass is 16.6. The van der Waals surface area contributed by atoms with E-state index in [1.165, 1.54) is 18.5 Å². The smallest absolute Gasteiger partial charge is 0.417 e. The van der Waals surface area contributed by atoms with Gasteiger partial charge in [-0.15, -0.1) is 0 Å². The van der Waals surface area contributed by atoms with Crippen molar-refractivity contribution in [3.8, 4) is 0 Å². The zero-order valence-corrected chi connectivity index (χ0v) is 9.33. The van der Waals surface area contributed by atoms with Crippen molar-refractivity contribution < 1.29 is 24.2 Å². The largest absolute Gasteiger partial charge is 0.481 e. The van der Waals surface area contributed by atoms with Crippen LogP contribution < -0.4 is 0 Å².